The second kappa shape index (κ2) is 7.41. The standard InChI is InChI=1S/C23H25N3O2S/c1-14-9-10-17-19(11-14)29-22-21(17)23(28)26(13-24-22)12-20(27)25-18-8-4-6-15-5-2-3-7-16(15)18/h2-3,5,7,13-14,18H,4,6,8-12H2,1H3,(H,25,27)/t14-,18+/m0/s1. The SMILES string of the molecule is C[C@H]1CCc2c(sc3ncn(CC(=O)N[C@@H]4CCCc5ccccc54)c(=O)c23)C1. The summed E-state index contributed by atoms with van der Waals surface area (Å²) in [6.45, 7) is 2.27. The molecule has 2 aliphatic rings. The zero-order valence-electron chi connectivity index (χ0n) is 16.6. The van der Waals surface area contributed by atoms with Gasteiger partial charge in [0.2, 0.25) is 5.91 Å². The van der Waals surface area contributed by atoms with Crippen LogP contribution in [0.3, 0.4) is 0 Å². The van der Waals surface area contributed by atoms with Gasteiger partial charge in [0.05, 0.1) is 17.8 Å². The van der Waals surface area contributed by atoms with Crippen LogP contribution in [0, 0.1) is 5.92 Å². The molecule has 0 saturated heterocycles. The summed E-state index contributed by atoms with van der Waals surface area (Å²) >= 11 is 1.64. The number of amides is 1. The number of aromatic nitrogens is 2. The summed E-state index contributed by atoms with van der Waals surface area (Å²) in [4.78, 5) is 32.5. The van der Waals surface area contributed by atoms with Gasteiger partial charge in [-0.2, -0.15) is 0 Å². The van der Waals surface area contributed by atoms with Crippen molar-refractivity contribution in [2.75, 3.05) is 0 Å². The molecule has 0 radical (unpaired) electrons. The van der Waals surface area contributed by atoms with Gasteiger partial charge in [0.15, 0.2) is 0 Å². The van der Waals surface area contributed by atoms with Gasteiger partial charge in [-0.15, -0.1) is 11.3 Å². The van der Waals surface area contributed by atoms with E-state index in [-0.39, 0.29) is 24.1 Å². The molecule has 1 aromatic carbocycles. The summed E-state index contributed by atoms with van der Waals surface area (Å²) in [6, 6.07) is 8.32. The molecule has 2 atom stereocenters. The number of nitrogens with zero attached hydrogens (tertiary/aromatic N) is 2. The molecule has 150 valence electrons. The van der Waals surface area contributed by atoms with Crippen molar-refractivity contribution in [3.63, 3.8) is 0 Å². The minimum Gasteiger partial charge on any atom is -0.348 e. The number of benzene rings is 1. The molecule has 1 N–H and O–H groups in total. The molecule has 2 aliphatic carbocycles. The fourth-order valence-corrected chi connectivity index (χ4v) is 6.12. The van der Waals surface area contributed by atoms with Crippen LogP contribution in [0.1, 0.15) is 53.8 Å². The maximum absolute atomic E-state index is 13.1. The normalized spacial score (nSPS) is 20.9. The summed E-state index contributed by atoms with van der Waals surface area (Å²) < 4.78 is 1.47. The van der Waals surface area contributed by atoms with E-state index >= 15 is 0 Å². The van der Waals surface area contributed by atoms with E-state index in [1.165, 1.54) is 26.9 Å². The molecule has 5 rings (SSSR count). The molecule has 0 unspecified atom stereocenters. The Kier molecular flexibility index (Phi) is 4.74. The maximum Gasteiger partial charge on any atom is 0.262 e. The van der Waals surface area contributed by atoms with Crippen LogP contribution in [0.25, 0.3) is 10.2 Å². The molecular weight excluding hydrogens is 382 g/mol. The van der Waals surface area contributed by atoms with Gasteiger partial charge in [-0.25, -0.2) is 4.98 Å². The van der Waals surface area contributed by atoms with Crippen molar-refractivity contribution in [2.45, 2.75) is 58.0 Å². The molecule has 0 spiro atoms. The van der Waals surface area contributed by atoms with E-state index in [4.69, 9.17) is 0 Å². The van der Waals surface area contributed by atoms with Gasteiger partial charge in [-0.05, 0) is 61.1 Å². The molecule has 0 aliphatic heterocycles. The van der Waals surface area contributed by atoms with Gasteiger partial charge in [-0.1, -0.05) is 31.2 Å². The van der Waals surface area contributed by atoms with Crippen LogP contribution in [-0.4, -0.2) is 15.5 Å². The first kappa shape index (κ1) is 18.6. The smallest absolute Gasteiger partial charge is 0.262 e. The zero-order valence-corrected chi connectivity index (χ0v) is 17.4. The van der Waals surface area contributed by atoms with Gasteiger partial charge >= 0.3 is 0 Å². The maximum atomic E-state index is 13.1. The van der Waals surface area contributed by atoms with Gasteiger partial charge < -0.3 is 5.32 Å². The van der Waals surface area contributed by atoms with E-state index in [1.54, 1.807) is 11.3 Å². The number of fused-ring (bicyclic) bond motifs is 4. The number of hydrogen-bond acceptors (Lipinski definition) is 4. The molecule has 2 aromatic heterocycles. The topological polar surface area (TPSA) is 64.0 Å². The number of aryl methyl sites for hydroxylation is 2. The van der Waals surface area contributed by atoms with E-state index in [0.717, 1.165) is 54.3 Å². The monoisotopic (exact) mass is 407 g/mol. The fourth-order valence-electron chi connectivity index (χ4n) is 4.78. The average Bonchev–Trinajstić information content (AvgIpc) is 3.08. The highest BCUT2D eigenvalue weighted by molar-refractivity contribution is 7.18. The van der Waals surface area contributed by atoms with Crippen LogP contribution >= 0.6 is 11.3 Å². The number of hydrogen-bond donors (Lipinski definition) is 1. The van der Waals surface area contributed by atoms with Crippen LogP contribution in [0.2, 0.25) is 0 Å². The summed E-state index contributed by atoms with van der Waals surface area (Å²) in [6.07, 6.45) is 7.66. The third-order valence-corrected chi connectivity index (χ3v) is 7.46. The molecule has 0 saturated carbocycles. The van der Waals surface area contributed by atoms with E-state index in [9.17, 15) is 9.59 Å². The van der Waals surface area contributed by atoms with E-state index < -0.39 is 0 Å². The third-order valence-electron chi connectivity index (χ3n) is 6.30. The Balaban J connectivity index is 1.39. The fraction of sp³-hybridized carbons (Fsp3) is 0.435. The Hall–Kier alpha value is -2.47. The highest BCUT2D eigenvalue weighted by Crippen LogP contribution is 2.35. The van der Waals surface area contributed by atoms with Crippen molar-refractivity contribution in [3.8, 4) is 0 Å². The molecule has 6 heteroatoms. The molecule has 29 heavy (non-hydrogen) atoms. The lowest BCUT2D eigenvalue weighted by Gasteiger charge is -2.26. The largest absolute Gasteiger partial charge is 0.348 e. The molecule has 2 heterocycles. The predicted molar refractivity (Wildman–Crippen MR) is 115 cm³/mol. The number of carbonyl (C=O) groups excluding carboxylic acids is 1. The summed E-state index contributed by atoms with van der Waals surface area (Å²) in [7, 11) is 0. The average molecular weight is 408 g/mol. The first-order chi connectivity index (χ1) is 14.1. The second-order valence-electron chi connectivity index (χ2n) is 8.42. The quantitative estimate of drug-likeness (QED) is 0.719. The molecule has 0 bridgehead atoms. The lowest BCUT2D eigenvalue weighted by atomic mass is 9.88. The van der Waals surface area contributed by atoms with Crippen LogP contribution < -0.4 is 10.9 Å². The second-order valence-corrected chi connectivity index (χ2v) is 9.50. The van der Waals surface area contributed by atoms with E-state index in [2.05, 4.69) is 29.4 Å². The number of rotatable bonds is 3. The Labute approximate surface area is 173 Å². The predicted octanol–water partition coefficient (Wildman–Crippen LogP) is 3.78. The Bertz CT molecular complexity index is 1150. The van der Waals surface area contributed by atoms with Crippen molar-refractivity contribution in [1.29, 1.82) is 0 Å². The molecule has 0 fully saturated rings. The highest BCUT2D eigenvalue weighted by Gasteiger charge is 2.24. The summed E-state index contributed by atoms with van der Waals surface area (Å²) in [5, 5.41) is 3.87. The molecule has 5 nitrogen and oxygen atoms in total. The number of carbonyl (C=O) groups is 1. The first-order valence-electron chi connectivity index (χ1n) is 10.5. The Morgan fingerprint density at radius 2 is 2.14 bits per heavy atom. The molecule has 1 amide bonds. The summed E-state index contributed by atoms with van der Waals surface area (Å²) in [5.41, 5.74) is 3.59. The highest BCUT2D eigenvalue weighted by atomic mass is 32.1. The van der Waals surface area contributed by atoms with Crippen molar-refractivity contribution >= 4 is 27.5 Å². The van der Waals surface area contributed by atoms with Crippen molar-refractivity contribution in [3.05, 3.63) is 62.5 Å². The zero-order chi connectivity index (χ0) is 20.0. The van der Waals surface area contributed by atoms with Crippen molar-refractivity contribution in [2.24, 2.45) is 5.92 Å². The van der Waals surface area contributed by atoms with Crippen molar-refractivity contribution < 1.29 is 4.79 Å². The van der Waals surface area contributed by atoms with Gasteiger partial charge in [0.1, 0.15) is 11.4 Å². The van der Waals surface area contributed by atoms with Gasteiger partial charge in [-0.3, -0.25) is 14.2 Å². The number of thiophene rings is 1. The van der Waals surface area contributed by atoms with Crippen molar-refractivity contribution in [1.82, 2.24) is 14.9 Å². The first-order valence-corrected chi connectivity index (χ1v) is 11.3. The number of nitrogens with one attached hydrogen (secondary N) is 1. The minimum atomic E-state index is -0.132. The lowest BCUT2D eigenvalue weighted by molar-refractivity contribution is -0.122. The Morgan fingerprint density at radius 1 is 1.28 bits per heavy atom. The van der Waals surface area contributed by atoms with Gasteiger partial charge in [0, 0.05) is 4.88 Å². The van der Waals surface area contributed by atoms with Crippen LogP contribution in [0.15, 0.2) is 35.4 Å². The van der Waals surface area contributed by atoms with E-state index in [0.29, 0.717) is 5.92 Å². The van der Waals surface area contributed by atoms with Gasteiger partial charge in [0.25, 0.3) is 5.56 Å². The van der Waals surface area contributed by atoms with E-state index in [1.807, 2.05) is 12.1 Å². The van der Waals surface area contributed by atoms with Crippen LogP contribution in [0.5, 0.6) is 0 Å². The third kappa shape index (κ3) is 3.39. The molecule has 3 aromatic rings. The molecular formula is C23H25N3O2S. The minimum absolute atomic E-state index is 0.0153. The van der Waals surface area contributed by atoms with Crippen LogP contribution in [0.4, 0.5) is 0 Å². The van der Waals surface area contributed by atoms with Crippen LogP contribution in [-0.2, 0) is 30.6 Å². The summed E-state index contributed by atoms with van der Waals surface area (Å²) in [5.74, 6) is 0.523. The Morgan fingerprint density at radius 3 is 3.03 bits per heavy atom. The lowest BCUT2D eigenvalue weighted by Crippen LogP contribution is -2.36.